The second kappa shape index (κ2) is 4.33. The number of hydrogen-bond acceptors (Lipinski definition) is 4. The van der Waals surface area contributed by atoms with Gasteiger partial charge in [0.25, 0.3) is 0 Å². The third-order valence-electron chi connectivity index (χ3n) is 2.52. The molecule has 15 heavy (non-hydrogen) atoms. The molecule has 1 heterocycles. The molecule has 0 unspecified atom stereocenters. The van der Waals surface area contributed by atoms with Crippen LogP contribution in [0.3, 0.4) is 0 Å². The lowest BCUT2D eigenvalue weighted by Crippen LogP contribution is -2.13. The predicted octanol–water partition coefficient (Wildman–Crippen LogP) is 0.768. The zero-order valence-corrected chi connectivity index (χ0v) is 8.44. The van der Waals surface area contributed by atoms with Crippen LogP contribution in [-0.2, 0) is 24.1 Å². The van der Waals surface area contributed by atoms with Crippen molar-refractivity contribution in [3.8, 4) is 0 Å². The van der Waals surface area contributed by atoms with Gasteiger partial charge in [-0.1, -0.05) is 0 Å². The van der Waals surface area contributed by atoms with Crippen molar-refractivity contribution in [1.29, 1.82) is 0 Å². The summed E-state index contributed by atoms with van der Waals surface area (Å²) in [6.07, 6.45) is 4.64. The number of aryl methyl sites for hydroxylation is 3. The van der Waals surface area contributed by atoms with Crippen molar-refractivity contribution in [1.82, 2.24) is 15.2 Å². The number of carboxylic acid groups (broad SMARTS) is 1. The Hall–Kier alpha value is -1.52. The summed E-state index contributed by atoms with van der Waals surface area (Å²) in [7, 11) is 0. The number of aliphatic carboxylic acids is 1. The Labute approximate surface area is 87.6 Å². The molecule has 0 saturated carbocycles. The molecule has 1 aliphatic rings. The van der Waals surface area contributed by atoms with Gasteiger partial charge in [-0.15, -0.1) is 5.10 Å². The van der Waals surface area contributed by atoms with Gasteiger partial charge in [-0.05, 0) is 25.7 Å². The molecule has 0 aliphatic heterocycles. The van der Waals surface area contributed by atoms with Crippen LogP contribution in [0.2, 0.25) is 0 Å². The maximum absolute atomic E-state index is 10.4. The van der Waals surface area contributed by atoms with E-state index in [2.05, 4.69) is 15.2 Å². The van der Waals surface area contributed by atoms with E-state index in [1.54, 1.807) is 0 Å². The van der Waals surface area contributed by atoms with Crippen LogP contribution >= 0.6 is 0 Å². The number of carboxylic acids is 1. The third kappa shape index (κ3) is 2.49. The first kappa shape index (κ1) is 10.0. The van der Waals surface area contributed by atoms with E-state index in [1.165, 1.54) is 0 Å². The van der Waals surface area contributed by atoms with Crippen molar-refractivity contribution >= 4 is 5.97 Å². The van der Waals surface area contributed by atoms with Crippen LogP contribution in [0.25, 0.3) is 0 Å². The van der Waals surface area contributed by atoms with E-state index < -0.39 is 5.97 Å². The van der Waals surface area contributed by atoms with Crippen LogP contribution in [0.1, 0.15) is 36.5 Å². The number of carbonyl (C=O) groups is 1. The highest BCUT2D eigenvalue weighted by Gasteiger charge is 2.13. The summed E-state index contributed by atoms with van der Waals surface area (Å²) in [5, 5.41) is 16.6. The van der Waals surface area contributed by atoms with Gasteiger partial charge in [0, 0.05) is 6.42 Å². The molecule has 1 aromatic heterocycles. The SMILES string of the molecule is O=C(O)CCc1nnc2c(n1)CCCC2. The van der Waals surface area contributed by atoms with Gasteiger partial charge in [0.1, 0.15) is 0 Å². The second-order valence-corrected chi connectivity index (χ2v) is 3.72. The first-order chi connectivity index (χ1) is 7.25. The van der Waals surface area contributed by atoms with E-state index in [-0.39, 0.29) is 6.42 Å². The van der Waals surface area contributed by atoms with Crippen LogP contribution in [0.4, 0.5) is 0 Å². The zero-order chi connectivity index (χ0) is 10.7. The van der Waals surface area contributed by atoms with Crippen LogP contribution in [0.5, 0.6) is 0 Å². The van der Waals surface area contributed by atoms with Gasteiger partial charge < -0.3 is 5.11 Å². The highest BCUT2D eigenvalue weighted by Crippen LogP contribution is 2.16. The summed E-state index contributed by atoms with van der Waals surface area (Å²) < 4.78 is 0. The Kier molecular flexibility index (Phi) is 2.89. The molecular formula is C10H13N3O2. The standard InChI is InChI=1S/C10H13N3O2/c14-10(15)6-5-9-11-7-3-1-2-4-8(7)12-13-9/h1-6H2,(H,14,15). The average molecular weight is 207 g/mol. The fourth-order valence-corrected chi connectivity index (χ4v) is 1.72. The minimum absolute atomic E-state index is 0.0699. The molecule has 0 amide bonds. The zero-order valence-electron chi connectivity index (χ0n) is 8.44. The molecule has 0 fully saturated rings. The van der Waals surface area contributed by atoms with Gasteiger partial charge in [-0.3, -0.25) is 4.79 Å². The van der Waals surface area contributed by atoms with Crippen LogP contribution in [-0.4, -0.2) is 26.3 Å². The Bertz CT molecular complexity index is 379. The van der Waals surface area contributed by atoms with Crippen molar-refractivity contribution in [2.24, 2.45) is 0 Å². The predicted molar refractivity (Wildman–Crippen MR) is 52.4 cm³/mol. The molecular weight excluding hydrogens is 194 g/mol. The van der Waals surface area contributed by atoms with E-state index >= 15 is 0 Å². The minimum Gasteiger partial charge on any atom is -0.481 e. The molecule has 0 bridgehead atoms. The molecule has 0 radical (unpaired) electrons. The van der Waals surface area contributed by atoms with Gasteiger partial charge >= 0.3 is 5.97 Å². The molecule has 0 aromatic carbocycles. The van der Waals surface area contributed by atoms with Gasteiger partial charge in [-0.2, -0.15) is 5.10 Å². The first-order valence-corrected chi connectivity index (χ1v) is 5.19. The molecule has 1 N–H and O–H groups in total. The van der Waals surface area contributed by atoms with Crippen molar-refractivity contribution in [2.75, 3.05) is 0 Å². The summed E-state index contributed by atoms with van der Waals surface area (Å²) in [5.74, 6) is -0.269. The number of fused-ring (bicyclic) bond motifs is 1. The smallest absolute Gasteiger partial charge is 0.303 e. The average Bonchev–Trinajstić information content (AvgIpc) is 2.26. The van der Waals surface area contributed by atoms with Crippen LogP contribution in [0.15, 0.2) is 0 Å². The molecule has 1 aliphatic carbocycles. The minimum atomic E-state index is -0.823. The summed E-state index contributed by atoms with van der Waals surface area (Å²) >= 11 is 0. The summed E-state index contributed by atoms with van der Waals surface area (Å²) in [6.45, 7) is 0. The quantitative estimate of drug-likeness (QED) is 0.792. The van der Waals surface area contributed by atoms with E-state index in [1.807, 2.05) is 0 Å². The van der Waals surface area contributed by atoms with E-state index in [0.29, 0.717) is 12.2 Å². The van der Waals surface area contributed by atoms with Crippen molar-refractivity contribution in [3.63, 3.8) is 0 Å². The van der Waals surface area contributed by atoms with Crippen LogP contribution < -0.4 is 0 Å². The van der Waals surface area contributed by atoms with Crippen molar-refractivity contribution in [3.05, 3.63) is 17.2 Å². The fraction of sp³-hybridized carbons (Fsp3) is 0.600. The highest BCUT2D eigenvalue weighted by molar-refractivity contribution is 5.66. The van der Waals surface area contributed by atoms with Crippen molar-refractivity contribution in [2.45, 2.75) is 38.5 Å². The van der Waals surface area contributed by atoms with E-state index in [4.69, 9.17) is 5.11 Å². The second-order valence-electron chi connectivity index (χ2n) is 3.72. The number of aromatic nitrogens is 3. The number of nitrogens with zero attached hydrogens (tertiary/aromatic N) is 3. The monoisotopic (exact) mass is 207 g/mol. The molecule has 0 saturated heterocycles. The molecule has 80 valence electrons. The molecule has 5 heteroatoms. The first-order valence-electron chi connectivity index (χ1n) is 5.19. The summed E-state index contributed by atoms with van der Waals surface area (Å²) in [5.41, 5.74) is 2.00. The Morgan fingerprint density at radius 2 is 1.93 bits per heavy atom. The van der Waals surface area contributed by atoms with Gasteiger partial charge in [-0.25, -0.2) is 4.98 Å². The molecule has 5 nitrogen and oxygen atoms in total. The Balaban J connectivity index is 2.10. The largest absolute Gasteiger partial charge is 0.481 e. The molecule has 1 aromatic rings. The molecule has 0 atom stereocenters. The Morgan fingerprint density at radius 1 is 1.20 bits per heavy atom. The molecule has 0 spiro atoms. The lowest BCUT2D eigenvalue weighted by atomic mass is 10.0. The maximum atomic E-state index is 10.4. The highest BCUT2D eigenvalue weighted by atomic mass is 16.4. The topological polar surface area (TPSA) is 76.0 Å². The van der Waals surface area contributed by atoms with Gasteiger partial charge in [0.15, 0.2) is 5.82 Å². The molecule has 2 rings (SSSR count). The maximum Gasteiger partial charge on any atom is 0.303 e. The third-order valence-corrected chi connectivity index (χ3v) is 2.52. The Morgan fingerprint density at radius 3 is 2.67 bits per heavy atom. The number of rotatable bonds is 3. The van der Waals surface area contributed by atoms with Crippen molar-refractivity contribution < 1.29 is 9.90 Å². The van der Waals surface area contributed by atoms with E-state index in [9.17, 15) is 4.79 Å². The fourth-order valence-electron chi connectivity index (χ4n) is 1.72. The summed E-state index contributed by atoms with van der Waals surface area (Å²) in [4.78, 5) is 14.7. The normalized spacial score (nSPS) is 14.7. The van der Waals surface area contributed by atoms with Gasteiger partial charge in [0.2, 0.25) is 0 Å². The lowest BCUT2D eigenvalue weighted by Gasteiger charge is -2.12. The lowest BCUT2D eigenvalue weighted by molar-refractivity contribution is -0.137. The number of hydrogen-bond donors (Lipinski definition) is 1. The summed E-state index contributed by atoms with van der Waals surface area (Å²) in [6, 6.07) is 0. The van der Waals surface area contributed by atoms with Crippen LogP contribution in [0, 0.1) is 0 Å². The van der Waals surface area contributed by atoms with E-state index in [0.717, 1.165) is 37.1 Å². The van der Waals surface area contributed by atoms with Gasteiger partial charge in [0.05, 0.1) is 17.8 Å².